The number of hydrogen-bond donors (Lipinski definition) is 0. The molecule has 1 spiro atoms. The molecule has 8 heteroatoms. The fourth-order valence-corrected chi connectivity index (χ4v) is 7.55. The Bertz CT molecular complexity index is 1230. The Kier molecular flexibility index (Phi) is 7.22. The van der Waals surface area contributed by atoms with Gasteiger partial charge in [-0.15, -0.1) is 0 Å². The second-order valence-electron chi connectivity index (χ2n) is 12.9. The van der Waals surface area contributed by atoms with Crippen molar-refractivity contribution in [1.29, 1.82) is 0 Å². The molecule has 1 aromatic rings. The summed E-state index contributed by atoms with van der Waals surface area (Å²) in [7, 11) is 0. The second kappa shape index (κ2) is 10.1. The molecule has 0 aromatic heterocycles. The van der Waals surface area contributed by atoms with Gasteiger partial charge < -0.3 is 18.9 Å². The Balaban J connectivity index is 1.61. The molecule has 2 saturated carbocycles. The van der Waals surface area contributed by atoms with Gasteiger partial charge in [0, 0.05) is 20.3 Å². The number of fused-ring (bicyclic) bond motifs is 2. The van der Waals surface area contributed by atoms with E-state index in [0.29, 0.717) is 24.5 Å². The first-order chi connectivity index (χ1) is 18.8. The third-order valence-corrected chi connectivity index (χ3v) is 9.71. The molecule has 0 amide bonds. The third kappa shape index (κ3) is 5.00. The second-order valence-corrected chi connectivity index (χ2v) is 12.9. The van der Waals surface area contributed by atoms with Crippen molar-refractivity contribution < 1.29 is 38.1 Å². The minimum absolute atomic E-state index is 0.0141. The molecule has 1 aliphatic heterocycles. The van der Waals surface area contributed by atoms with E-state index < -0.39 is 47.2 Å². The van der Waals surface area contributed by atoms with Crippen molar-refractivity contribution in [2.45, 2.75) is 90.6 Å². The first-order valence-electron chi connectivity index (χ1n) is 14.3. The molecular weight excluding hydrogens is 512 g/mol. The SMILES string of the molecule is CC(=O)O[C@@H]1[C@@H]2[C@H](OC(=O)Cc3ccccc3)[C@@H](C)C[C@]2(OC(C)=O)C(=O)/C(C)=C\[C@@H]2[C@@H](CC[C@@]13CO3)C2(C)C. The van der Waals surface area contributed by atoms with Crippen LogP contribution in [0.5, 0.6) is 0 Å². The van der Waals surface area contributed by atoms with Crippen LogP contribution in [0.1, 0.15) is 66.4 Å². The number of allylic oxidation sites excluding steroid dienone is 1. The van der Waals surface area contributed by atoms with Crippen LogP contribution in [-0.2, 0) is 44.5 Å². The van der Waals surface area contributed by atoms with E-state index in [4.69, 9.17) is 18.9 Å². The summed E-state index contributed by atoms with van der Waals surface area (Å²) in [6, 6.07) is 9.25. The number of hydrogen-bond acceptors (Lipinski definition) is 8. The number of epoxide rings is 1. The van der Waals surface area contributed by atoms with E-state index in [1.807, 2.05) is 43.3 Å². The number of carbonyl (C=O) groups is 4. The smallest absolute Gasteiger partial charge is 0.310 e. The molecule has 40 heavy (non-hydrogen) atoms. The summed E-state index contributed by atoms with van der Waals surface area (Å²) in [6.07, 6.45) is 1.85. The molecule has 0 N–H and O–H groups in total. The summed E-state index contributed by atoms with van der Waals surface area (Å²) >= 11 is 0. The molecule has 1 aromatic carbocycles. The van der Waals surface area contributed by atoms with Crippen molar-refractivity contribution in [2.75, 3.05) is 6.61 Å². The van der Waals surface area contributed by atoms with Crippen LogP contribution in [0.25, 0.3) is 0 Å². The summed E-state index contributed by atoms with van der Waals surface area (Å²) in [6.45, 7) is 11.0. The molecule has 0 unspecified atom stereocenters. The van der Waals surface area contributed by atoms with Crippen LogP contribution in [0.2, 0.25) is 0 Å². The summed E-state index contributed by atoms with van der Waals surface area (Å²) in [5.74, 6) is -2.72. The number of ether oxygens (including phenoxy) is 4. The lowest BCUT2D eigenvalue weighted by Crippen LogP contribution is -2.58. The lowest BCUT2D eigenvalue weighted by atomic mass is 9.74. The average molecular weight is 553 g/mol. The van der Waals surface area contributed by atoms with Crippen molar-refractivity contribution in [3.05, 3.63) is 47.5 Å². The number of carbonyl (C=O) groups excluding carboxylic acids is 4. The molecule has 3 aliphatic carbocycles. The van der Waals surface area contributed by atoms with E-state index in [1.54, 1.807) is 6.92 Å². The molecule has 216 valence electrons. The quantitative estimate of drug-likeness (QED) is 0.301. The zero-order valence-electron chi connectivity index (χ0n) is 24.2. The number of esters is 3. The lowest BCUT2D eigenvalue weighted by molar-refractivity contribution is -0.190. The molecule has 3 fully saturated rings. The molecule has 5 rings (SSSR count). The maximum atomic E-state index is 14.5. The van der Waals surface area contributed by atoms with E-state index in [1.165, 1.54) is 13.8 Å². The van der Waals surface area contributed by atoms with Crippen molar-refractivity contribution in [3.8, 4) is 0 Å². The van der Waals surface area contributed by atoms with Crippen molar-refractivity contribution in [1.82, 2.24) is 0 Å². The summed E-state index contributed by atoms with van der Waals surface area (Å²) in [5.41, 5.74) is -1.22. The van der Waals surface area contributed by atoms with Gasteiger partial charge in [-0.1, -0.05) is 57.2 Å². The Morgan fingerprint density at radius 3 is 2.33 bits per heavy atom. The zero-order valence-corrected chi connectivity index (χ0v) is 24.2. The monoisotopic (exact) mass is 552 g/mol. The first kappa shape index (κ1) is 28.5. The number of benzene rings is 1. The highest BCUT2D eigenvalue weighted by Crippen LogP contribution is 2.64. The maximum absolute atomic E-state index is 14.5. The van der Waals surface area contributed by atoms with E-state index >= 15 is 0 Å². The molecule has 4 aliphatic rings. The van der Waals surface area contributed by atoms with E-state index in [-0.39, 0.29) is 35.9 Å². The topological polar surface area (TPSA) is 108 Å². The van der Waals surface area contributed by atoms with Gasteiger partial charge in [0.15, 0.2) is 5.60 Å². The van der Waals surface area contributed by atoms with Crippen LogP contribution in [0.15, 0.2) is 42.0 Å². The normalized spacial score (nSPS) is 39.0. The summed E-state index contributed by atoms with van der Waals surface area (Å²) in [5, 5.41) is 0. The van der Waals surface area contributed by atoms with Gasteiger partial charge >= 0.3 is 17.9 Å². The fourth-order valence-electron chi connectivity index (χ4n) is 7.55. The Morgan fingerprint density at radius 1 is 1.05 bits per heavy atom. The Hall–Kier alpha value is -3.00. The van der Waals surface area contributed by atoms with Crippen molar-refractivity contribution in [3.63, 3.8) is 0 Å². The van der Waals surface area contributed by atoms with Crippen LogP contribution in [0, 0.1) is 29.1 Å². The third-order valence-electron chi connectivity index (χ3n) is 9.71. The largest absolute Gasteiger partial charge is 0.461 e. The maximum Gasteiger partial charge on any atom is 0.310 e. The number of Topliss-reactive ketones (excluding diaryl/α,β-unsaturated/α-hetero) is 1. The van der Waals surface area contributed by atoms with Crippen molar-refractivity contribution in [2.24, 2.45) is 29.1 Å². The van der Waals surface area contributed by atoms with Gasteiger partial charge in [-0.05, 0) is 54.1 Å². The van der Waals surface area contributed by atoms with Gasteiger partial charge in [-0.3, -0.25) is 19.2 Å². The molecule has 0 radical (unpaired) electrons. The van der Waals surface area contributed by atoms with Crippen LogP contribution in [0.4, 0.5) is 0 Å². The van der Waals surface area contributed by atoms with Crippen LogP contribution >= 0.6 is 0 Å². The van der Waals surface area contributed by atoms with Gasteiger partial charge in [0.25, 0.3) is 0 Å². The Labute approximate surface area is 235 Å². The molecule has 8 atom stereocenters. The predicted octanol–water partition coefficient (Wildman–Crippen LogP) is 4.38. The van der Waals surface area contributed by atoms with Gasteiger partial charge in [0.1, 0.15) is 17.8 Å². The van der Waals surface area contributed by atoms with Gasteiger partial charge in [0.05, 0.1) is 18.9 Å². The predicted molar refractivity (Wildman–Crippen MR) is 145 cm³/mol. The molecular formula is C32H40O8. The zero-order chi connectivity index (χ0) is 29.0. The molecule has 8 nitrogen and oxygen atoms in total. The van der Waals surface area contributed by atoms with Crippen LogP contribution in [0.3, 0.4) is 0 Å². The summed E-state index contributed by atoms with van der Waals surface area (Å²) in [4.78, 5) is 52.9. The average Bonchev–Trinajstić information content (AvgIpc) is 3.73. The highest BCUT2D eigenvalue weighted by Gasteiger charge is 2.71. The fraction of sp³-hybridized carbons (Fsp3) is 0.625. The summed E-state index contributed by atoms with van der Waals surface area (Å²) < 4.78 is 24.2. The molecule has 0 bridgehead atoms. The molecule has 1 heterocycles. The number of ketones is 1. The van der Waals surface area contributed by atoms with E-state index in [9.17, 15) is 19.2 Å². The molecule has 1 saturated heterocycles. The highest BCUT2D eigenvalue weighted by atomic mass is 16.6. The van der Waals surface area contributed by atoms with E-state index in [2.05, 4.69) is 13.8 Å². The Morgan fingerprint density at radius 2 is 1.73 bits per heavy atom. The van der Waals surface area contributed by atoms with Gasteiger partial charge in [0.2, 0.25) is 5.78 Å². The van der Waals surface area contributed by atoms with Crippen LogP contribution < -0.4 is 0 Å². The lowest BCUT2D eigenvalue weighted by Gasteiger charge is -2.41. The minimum Gasteiger partial charge on any atom is -0.461 e. The highest BCUT2D eigenvalue weighted by molar-refractivity contribution is 6.03. The minimum atomic E-state index is -1.68. The first-order valence-corrected chi connectivity index (χ1v) is 14.3. The standard InChI is InChI=1S/C32H40O8/c1-18-14-24-23(30(24,5)6)12-13-31(17-37-31)29(38-20(3)33)26-27(39-25(35)15-22-10-8-7-9-11-22)19(2)16-32(26,28(18)36)40-21(4)34/h7-11,14,19,23-24,26-27,29H,12-13,15-17H2,1-6H3/b18-14-/t19-,23+,24+,26-,27+,29+,31+,32+/m0/s1. The van der Waals surface area contributed by atoms with Crippen LogP contribution in [-0.4, -0.2) is 53.7 Å². The van der Waals surface area contributed by atoms with Gasteiger partial charge in [-0.2, -0.15) is 0 Å². The number of rotatable bonds is 5. The van der Waals surface area contributed by atoms with E-state index in [0.717, 1.165) is 12.0 Å². The van der Waals surface area contributed by atoms with Crippen molar-refractivity contribution >= 4 is 23.7 Å². The van der Waals surface area contributed by atoms with Gasteiger partial charge in [-0.25, -0.2) is 0 Å².